The van der Waals surface area contributed by atoms with Gasteiger partial charge in [-0.1, -0.05) is 43.3 Å². The van der Waals surface area contributed by atoms with Gasteiger partial charge in [0.15, 0.2) is 0 Å². The van der Waals surface area contributed by atoms with E-state index in [0.29, 0.717) is 6.42 Å². The molecule has 0 fully saturated rings. The molecular formula is C17H18O3. The maximum absolute atomic E-state index is 11.4. The number of phenolic OH excluding ortho intramolecular Hbond substituents is 1. The van der Waals surface area contributed by atoms with E-state index >= 15 is 0 Å². The Hall–Kier alpha value is -2.29. The second kappa shape index (κ2) is 5.37. The number of hydrogen-bond donors (Lipinski definition) is 2. The highest BCUT2D eigenvalue weighted by atomic mass is 16.4. The van der Waals surface area contributed by atoms with E-state index in [1.165, 1.54) is 0 Å². The summed E-state index contributed by atoms with van der Waals surface area (Å²) >= 11 is 0. The van der Waals surface area contributed by atoms with E-state index in [1.54, 1.807) is 19.1 Å². The number of benzene rings is 2. The number of hydrogen-bond acceptors (Lipinski definition) is 2. The van der Waals surface area contributed by atoms with Crippen LogP contribution in [-0.4, -0.2) is 16.2 Å². The molecule has 2 aromatic rings. The molecule has 2 aromatic carbocycles. The largest absolute Gasteiger partial charge is 0.508 e. The van der Waals surface area contributed by atoms with Crippen LogP contribution in [0.1, 0.15) is 25.8 Å². The van der Waals surface area contributed by atoms with Gasteiger partial charge in [0.25, 0.3) is 0 Å². The molecule has 0 aromatic heterocycles. The van der Waals surface area contributed by atoms with Crippen LogP contribution in [0.15, 0.2) is 48.5 Å². The van der Waals surface area contributed by atoms with Crippen molar-refractivity contribution in [1.82, 2.24) is 0 Å². The molecule has 0 heterocycles. The van der Waals surface area contributed by atoms with Gasteiger partial charge in [-0.05, 0) is 42.2 Å². The minimum absolute atomic E-state index is 0.231. The van der Waals surface area contributed by atoms with Crippen molar-refractivity contribution < 1.29 is 15.0 Å². The zero-order valence-electron chi connectivity index (χ0n) is 11.6. The highest BCUT2D eigenvalue weighted by Crippen LogP contribution is 2.30. The quantitative estimate of drug-likeness (QED) is 0.888. The van der Waals surface area contributed by atoms with Crippen molar-refractivity contribution in [2.75, 3.05) is 0 Å². The van der Waals surface area contributed by atoms with Crippen LogP contribution in [0.3, 0.4) is 0 Å². The fourth-order valence-corrected chi connectivity index (χ4v) is 2.16. The molecule has 0 amide bonds. The normalized spacial score (nSPS) is 13.7. The smallest absolute Gasteiger partial charge is 0.313 e. The van der Waals surface area contributed by atoms with E-state index in [1.807, 2.05) is 43.3 Å². The molecule has 0 spiro atoms. The summed E-state index contributed by atoms with van der Waals surface area (Å²) in [4.78, 5) is 11.4. The molecule has 0 unspecified atom stereocenters. The van der Waals surface area contributed by atoms with Gasteiger partial charge in [-0.25, -0.2) is 0 Å². The summed E-state index contributed by atoms with van der Waals surface area (Å²) in [6, 6.07) is 14.5. The van der Waals surface area contributed by atoms with Crippen LogP contribution in [0.2, 0.25) is 0 Å². The maximum Gasteiger partial charge on any atom is 0.313 e. The molecule has 3 heteroatoms. The molecule has 0 radical (unpaired) electrons. The SMILES string of the molecule is CC[C@@](C)(C(=O)O)c1ccc(-c2ccc(O)cc2)cc1. The third kappa shape index (κ3) is 2.52. The second-order valence-corrected chi connectivity index (χ2v) is 5.12. The average Bonchev–Trinajstić information content (AvgIpc) is 2.47. The highest BCUT2D eigenvalue weighted by molar-refractivity contribution is 5.81. The van der Waals surface area contributed by atoms with Crippen LogP contribution in [0.4, 0.5) is 0 Å². The first-order valence-corrected chi connectivity index (χ1v) is 6.60. The van der Waals surface area contributed by atoms with Crippen LogP contribution < -0.4 is 0 Å². The Balaban J connectivity index is 2.35. The molecule has 104 valence electrons. The Morgan fingerprint density at radius 3 is 1.85 bits per heavy atom. The Morgan fingerprint density at radius 2 is 1.45 bits per heavy atom. The summed E-state index contributed by atoms with van der Waals surface area (Å²) in [7, 11) is 0. The summed E-state index contributed by atoms with van der Waals surface area (Å²) in [6.45, 7) is 3.62. The number of phenols is 1. The van der Waals surface area contributed by atoms with E-state index in [4.69, 9.17) is 0 Å². The molecule has 0 aliphatic carbocycles. The third-order valence-electron chi connectivity index (χ3n) is 3.90. The van der Waals surface area contributed by atoms with Gasteiger partial charge in [0.2, 0.25) is 0 Å². The Kier molecular flexibility index (Phi) is 3.79. The van der Waals surface area contributed by atoms with E-state index in [2.05, 4.69) is 0 Å². The Labute approximate surface area is 118 Å². The molecule has 0 saturated carbocycles. The van der Waals surface area contributed by atoms with Crippen LogP contribution >= 0.6 is 0 Å². The summed E-state index contributed by atoms with van der Waals surface area (Å²) in [6.07, 6.45) is 0.543. The van der Waals surface area contributed by atoms with Crippen LogP contribution in [-0.2, 0) is 10.2 Å². The second-order valence-electron chi connectivity index (χ2n) is 5.12. The van der Waals surface area contributed by atoms with Gasteiger partial charge in [-0.3, -0.25) is 4.79 Å². The van der Waals surface area contributed by atoms with E-state index < -0.39 is 11.4 Å². The van der Waals surface area contributed by atoms with Gasteiger partial charge >= 0.3 is 5.97 Å². The van der Waals surface area contributed by atoms with Gasteiger partial charge in [-0.15, -0.1) is 0 Å². The molecule has 2 N–H and O–H groups in total. The van der Waals surface area contributed by atoms with Crippen molar-refractivity contribution in [2.24, 2.45) is 0 Å². The average molecular weight is 270 g/mol. The van der Waals surface area contributed by atoms with Gasteiger partial charge < -0.3 is 10.2 Å². The maximum atomic E-state index is 11.4. The first-order chi connectivity index (χ1) is 9.47. The predicted octanol–water partition coefficient (Wildman–Crippen LogP) is 3.81. The summed E-state index contributed by atoms with van der Waals surface area (Å²) in [5.74, 6) is -0.577. The molecule has 2 rings (SSSR count). The van der Waals surface area contributed by atoms with E-state index in [0.717, 1.165) is 16.7 Å². The molecule has 20 heavy (non-hydrogen) atoms. The van der Waals surface area contributed by atoms with Crippen molar-refractivity contribution in [3.63, 3.8) is 0 Å². The summed E-state index contributed by atoms with van der Waals surface area (Å²) < 4.78 is 0. The fraction of sp³-hybridized carbons (Fsp3) is 0.235. The molecule has 1 atom stereocenters. The van der Waals surface area contributed by atoms with Crippen molar-refractivity contribution >= 4 is 5.97 Å². The minimum atomic E-state index is -0.854. The van der Waals surface area contributed by atoms with Gasteiger partial charge in [0.1, 0.15) is 5.75 Å². The molecular weight excluding hydrogens is 252 g/mol. The third-order valence-corrected chi connectivity index (χ3v) is 3.90. The zero-order valence-corrected chi connectivity index (χ0v) is 11.6. The first kappa shape index (κ1) is 14.1. The number of carboxylic acid groups (broad SMARTS) is 1. The van der Waals surface area contributed by atoms with E-state index in [9.17, 15) is 15.0 Å². The van der Waals surface area contributed by atoms with E-state index in [-0.39, 0.29) is 5.75 Å². The number of aromatic hydroxyl groups is 1. The molecule has 3 nitrogen and oxygen atoms in total. The van der Waals surface area contributed by atoms with Crippen LogP contribution in [0.5, 0.6) is 5.75 Å². The number of carbonyl (C=O) groups is 1. The lowest BCUT2D eigenvalue weighted by molar-refractivity contribution is -0.143. The monoisotopic (exact) mass is 270 g/mol. The van der Waals surface area contributed by atoms with Gasteiger partial charge in [0, 0.05) is 0 Å². The van der Waals surface area contributed by atoms with Crippen molar-refractivity contribution in [2.45, 2.75) is 25.7 Å². The lowest BCUT2D eigenvalue weighted by Crippen LogP contribution is -2.31. The minimum Gasteiger partial charge on any atom is -0.508 e. The van der Waals surface area contributed by atoms with Gasteiger partial charge in [0.05, 0.1) is 5.41 Å². The Morgan fingerprint density at radius 1 is 1.00 bits per heavy atom. The lowest BCUT2D eigenvalue weighted by atomic mass is 9.80. The zero-order chi connectivity index (χ0) is 14.8. The van der Waals surface area contributed by atoms with Crippen LogP contribution in [0, 0.1) is 0 Å². The van der Waals surface area contributed by atoms with Gasteiger partial charge in [-0.2, -0.15) is 0 Å². The van der Waals surface area contributed by atoms with Crippen molar-refractivity contribution in [1.29, 1.82) is 0 Å². The molecule has 0 aliphatic rings. The fourth-order valence-electron chi connectivity index (χ4n) is 2.16. The standard InChI is InChI=1S/C17H18O3/c1-3-17(2,16(19)20)14-8-4-12(5-9-14)13-6-10-15(18)11-7-13/h4-11,18H,3H2,1-2H3,(H,19,20)/t17-/m1/s1. The number of aliphatic carboxylic acids is 1. The van der Waals surface area contributed by atoms with Crippen molar-refractivity contribution in [3.05, 3.63) is 54.1 Å². The number of rotatable bonds is 4. The molecule has 0 bridgehead atoms. The predicted molar refractivity (Wildman–Crippen MR) is 78.8 cm³/mol. The summed E-state index contributed by atoms with van der Waals surface area (Å²) in [5, 5.41) is 18.7. The number of carboxylic acids is 1. The Bertz CT molecular complexity index is 599. The first-order valence-electron chi connectivity index (χ1n) is 6.60. The van der Waals surface area contributed by atoms with Crippen molar-refractivity contribution in [3.8, 4) is 16.9 Å². The highest BCUT2D eigenvalue weighted by Gasteiger charge is 2.32. The van der Waals surface area contributed by atoms with Crippen LogP contribution in [0.25, 0.3) is 11.1 Å². The topological polar surface area (TPSA) is 57.5 Å². The molecule has 0 aliphatic heterocycles. The lowest BCUT2D eigenvalue weighted by Gasteiger charge is -2.23. The molecule has 0 saturated heterocycles. The summed E-state index contributed by atoms with van der Waals surface area (Å²) in [5.41, 5.74) is 1.93.